The molecule has 3 aromatic carbocycles. The van der Waals surface area contributed by atoms with Gasteiger partial charge in [0.1, 0.15) is 6.54 Å². The Morgan fingerprint density at radius 1 is 0.971 bits per heavy atom. The van der Waals surface area contributed by atoms with Gasteiger partial charge >= 0.3 is 0 Å². The smallest absolute Gasteiger partial charge is 0.264 e. The van der Waals surface area contributed by atoms with Gasteiger partial charge in [0.2, 0.25) is 5.91 Å². The maximum Gasteiger partial charge on any atom is 0.264 e. The molecule has 0 fully saturated rings. The molecule has 0 aromatic heterocycles. The summed E-state index contributed by atoms with van der Waals surface area (Å²) in [6.45, 7) is 3.45. The molecule has 35 heavy (non-hydrogen) atoms. The number of carbonyl (C=O) groups excluding carboxylic acids is 1. The first-order valence-electron chi connectivity index (χ1n) is 11.1. The van der Waals surface area contributed by atoms with Gasteiger partial charge < -0.3 is 14.8 Å². The summed E-state index contributed by atoms with van der Waals surface area (Å²) in [5.41, 5.74) is 2.16. The lowest BCUT2D eigenvalue weighted by molar-refractivity contribution is -0.120. The lowest BCUT2D eigenvalue weighted by Crippen LogP contribution is -2.42. The number of benzene rings is 3. The van der Waals surface area contributed by atoms with E-state index >= 15 is 0 Å². The fourth-order valence-electron chi connectivity index (χ4n) is 3.62. The number of halogens is 1. The van der Waals surface area contributed by atoms with E-state index in [0.29, 0.717) is 23.6 Å². The van der Waals surface area contributed by atoms with Gasteiger partial charge in [-0.1, -0.05) is 46.6 Å². The van der Waals surface area contributed by atoms with Crippen molar-refractivity contribution in [3.05, 3.63) is 82.3 Å². The summed E-state index contributed by atoms with van der Waals surface area (Å²) in [5.74, 6) is 0.712. The number of aryl methyl sites for hydroxylation is 1. The number of carbonyl (C=O) groups is 1. The van der Waals surface area contributed by atoms with Crippen LogP contribution in [0.3, 0.4) is 0 Å². The van der Waals surface area contributed by atoms with Crippen LogP contribution in [0.25, 0.3) is 0 Å². The Hall–Kier alpha value is -3.04. The van der Waals surface area contributed by atoms with Crippen molar-refractivity contribution in [2.75, 3.05) is 25.1 Å². The molecule has 0 bridgehead atoms. The number of nitrogens with zero attached hydrogens (tertiary/aromatic N) is 1. The van der Waals surface area contributed by atoms with Crippen LogP contribution in [0.2, 0.25) is 0 Å². The number of hydrogen-bond acceptors (Lipinski definition) is 5. The fraction of sp³-hybridized carbons (Fsp3) is 0.269. The standard InChI is InChI=1S/C26H29BrN2O5S/c1-5-23(19-8-15-24(33-3)25(16-19)34-4)28-26(30)17-29(21-11-9-20(27)10-12-21)35(31,32)22-13-6-18(2)7-14-22/h6-16,23H,5,17H2,1-4H3,(H,28,30). The molecule has 0 spiro atoms. The van der Waals surface area contributed by atoms with Crippen molar-refractivity contribution >= 4 is 37.5 Å². The third kappa shape index (κ3) is 6.35. The highest BCUT2D eigenvalue weighted by atomic mass is 79.9. The van der Waals surface area contributed by atoms with Crippen LogP contribution in [0.4, 0.5) is 5.69 Å². The van der Waals surface area contributed by atoms with E-state index in [4.69, 9.17) is 9.47 Å². The molecule has 0 radical (unpaired) electrons. The number of hydrogen-bond donors (Lipinski definition) is 1. The molecule has 7 nitrogen and oxygen atoms in total. The number of methoxy groups -OCH3 is 2. The topological polar surface area (TPSA) is 84.9 Å². The third-order valence-electron chi connectivity index (χ3n) is 5.56. The van der Waals surface area contributed by atoms with Gasteiger partial charge in [0.15, 0.2) is 11.5 Å². The molecular weight excluding hydrogens is 532 g/mol. The minimum absolute atomic E-state index is 0.116. The van der Waals surface area contributed by atoms with Crippen molar-refractivity contribution in [1.82, 2.24) is 5.32 Å². The van der Waals surface area contributed by atoms with E-state index in [0.717, 1.165) is 19.9 Å². The van der Waals surface area contributed by atoms with Crippen LogP contribution in [-0.2, 0) is 14.8 Å². The van der Waals surface area contributed by atoms with Crippen molar-refractivity contribution in [2.45, 2.75) is 31.2 Å². The summed E-state index contributed by atoms with van der Waals surface area (Å²) in [6.07, 6.45) is 0.601. The monoisotopic (exact) mass is 560 g/mol. The normalized spacial score (nSPS) is 12.0. The van der Waals surface area contributed by atoms with E-state index < -0.39 is 15.9 Å². The summed E-state index contributed by atoms with van der Waals surface area (Å²) in [6, 6.07) is 18.5. The van der Waals surface area contributed by atoms with Gasteiger partial charge in [0.05, 0.1) is 30.8 Å². The lowest BCUT2D eigenvalue weighted by atomic mass is 10.0. The first-order valence-corrected chi connectivity index (χ1v) is 13.3. The lowest BCUT2D eigenvalue weighted by Gasteiger charge is -2.26. The van der Waals surface area contributed by atoms with Gasteiger partial charge in [-0.15, -0.1) is 0 Å². The quantitative estimate of drug-likeness (QED) is 0.366. The molecule has 1 amide bonds. The Morgan fingerprint density at radius 2 is 1.60 bits per heavy atom. The van der Waals surface area contributed by atoms with Crippen molar-refractivity contribution < 1.29 is 22.7 Å². The molecule has 1 N–H and O–H groups in total. The van der Waals surface area contributed by atoms with Crippen molar-refractivity contribution in [1.29, 1.82) is 0 Å². The van der Waals surface area contributed by atoms with Crippen molar-refractivity contribution in [2.24, 2.45) is 0 Å². The van der Waals surface area contributed by atoms with E-state index in [1.807, 2.05) is 26.0 Å². The number of nitrogens with one attached hydrogen (secondary N) is 1. The summed E-state index contributed by atoms with van der Waals surface area (Å²) in [7, 11) is -0.879. The van der Waals surface area contributed by atoms with E-state index in [1.54, 1.807) is 68.8 Å². The molecule has 0 saturated carbocycles. The average molecular weight is 561 g/mol. The predicted octanol–water partition coefficient (Wildman–Crippen LogP) is 5.24. The Kier molecular flexibility index (Phi) is 8.80. The molecule has 3 aromatic rings. The number of ether oxygens (including phenoxy) is 2. The Labute approximate surface area is 215 Å². The molecule has 0 saturated heterocycles. The highest BCUT2D eigenvalue weighted by molar-refractivity contribution is 9.10. The van der Waals surface area contributed by atoms with E-state index in [9.17, 15) is 13.2 Å². The summed E-state index contributed by atoms with van der Waals surface area (Å²) in [5, 5.41) is 2.97. The van der Waals surface area contributed by atoms with Crippen LogP contribution < -0.4 is 19.1 Å². The van der Waals surface area contributed by atoms with Gasteiger partial charge in [-0.25, -0.2) is 8.42 Å². The SMILES string of the molecule is CCC(NC(=O)CN(c1ccc(Br)cc1)S(=O)(=O)c1ccc(C)cc1)c1ccc(OC)c(OC)c1. The Balaban J connectivity index is 1.90. The average Bonchev–Trinajstić information content (AvgIpc) is 2.86. The van der Waals surface area contributed by atoms with Gasteiger partial charge in [0.25, 0.3) is 10.0 Å². The molecular formula is C26H29BrN2O5S. The van der Waals surface area contributed by atoms with Gasteiger partial charge in [-0.2, -0.15) is 0 Å². The molecule has 0 heterocycles. The molecule has 0 aliphatic carbocycles. The minimum Gasteiger partial charge on any atom is -0.493 e. The molecule has 0 aliphatic heterocycles. The van der Waals surface area contributed by atoms with Crippen LogP contribution >= 0.6 is 15.9 Å². The minimum atomic E-state index is -3.98. The summed E-state index contributed by atoms with van der Waals surface area (Å²) >= 11 is 3.37. The zero-order valence-electron chi connectivity index (χ0n) is 20.1. The van der Waals surface area contributed by atoms with Crippen molar-refractivity contribution in [3.8, 4) is 11.5 Å². The first kappa shape index (κ1) is 26.6. The van der Waals surface area contributed by atoms with Crippen LogP contribution in [-0.4, -0.2) is 35.1 Å². The number of sulfonamides is 1. The van der Waals surface area contributed by atoms with E-state index in [2.05, 4.69) is 21.2 Å². The molecule has 0 aliphatic rings. The molecule has 1 unspecified atom stereocenters. The van der Waals surface area contributed by atoms with E-state index in [1.165, 1.54) is 0 Å². The molecule has 186 valence electrons. The zero-order valence-corrected chi connectivity index (χ0v) is 22.5. The van der Waals surface area contributed by atoms with Gasteiger partial charge in [-0.05, 0) is 67.4 Å². The second-order valence-corrected chi connectivity index (χ2v) is 10.7. The second kappa shape index (κ2) is 11.6. The van der Waals surface area contributed by atoms with Crippen LogP contribution in [0.1, 0.15) is 30.5 Å². The van der Waals surface area contributed by atoms with Gasteiger partial charge in [-0.3, -0.25) is 9.10 Å². The highest BCUT2D eigenvalue weighted by Gasteiger charge is 2.28. The largest absolute Gasteiger partial charge is 0.493 e. The predicted molar refractivity (Wildman–Crippen MR) is 141 cm³/mol. The number of rotatable bonds is 10. The van der Waals surface area contributed by atoms with E-state index in [-0.39, 0.29) is 17.5 Å². The van der Waals surface area contributed by atoms with Crippen LogP contribution in [0.15, 0.2) is 76.1 Å². The summed E-state index contributed by atoms with van der Waals surface area (Å²) in [4.78, 5) is 13.3. The van der Waals surface area contributed by atoms with Gasteiger partial charge in [0, 0.05) is 4.47 Å². The van der Waals surface area contributed by atoms with Crippen LogP contribution in [0.5, 0.6) is 11.5 Å². The molecule has 3 rings (SSSR count). The van der Waals surface area contributed by atoms with Crippen LogP contribution in [0, 0.1) is 6.92 Å². The maximum absolute atomic E-state index is 13.5. The second-order valence-electron chi connectivity index (χ2n) is 7.94. The Morgan fingerprint density at radius 3 is 2.17 bits per heavy atom. The highest BCUT2D eigenvalue weighted by Crippen LogP contribution is 2.31. The number of amides is 1. The summed E-state index contributed by atoms with van der Waals surface area (Å²) < 4.78 is 39.7. The third-order valence-corrected chi connectivity index (χ3v) is 7.88. The zero-order chi connectivity index (χ0) is 25.6. The fourth-order valence-corrected chi connectivity index (χ4v) is 5.31. The maximum atomic E-state index is 13.5. The molecule has 9 heteroatoms. The number of anilines is 1. The molecule has 1 atom stereocenters. The van der Waals surface area contributed by atoms with Crippen molar-refractivity contribution in [3.63, 3.8) is 0 Å². The first-order chi connectivity index (χ1) is 16.7. The Bertz CT molecular complexity index is 1260.